The maximum Gasteiger partial charge on any atom is 0.323 e. The Morgan fingerprint density at radius 3 is 2.19 bits per heavy atom. The van der Waals surface area contributed by atoms with E-state index in [2.05, 4.69) is 10.6 Å². The van der Waals surface area contributed by atoms with Gasteiger partial charge < -0.3 is 25.0 Å². The molecule has 0 aliphatic carbocycles. The molecule has 3 amide bonds. The second kappa shape index (κ2) is 9.01. The Morgan fingerprint density at radius 1 is 0.844 bits per heavy atom. The maximum absolute atomic E-state index is 13.0. The van der Waals surface area contributed by atoms with Crippen LogP contribution in [0, 0.1) is 6.92 Å². The Labute approximate surface area is 187 Å². The molecule has 0 radical (unpaired) electrons. The smallest absolute Gasteiger partial charge is 0.323 e. The first-order chi connectivity index (χ1) is 15.5. The van der Waals surface area contributed by atoms with Gasteiger partial charge in [-0.3, -0.25) is 4.79 Å². The molecule has 7 heteroatoms. The van der Waals surface area contributed by atoms with Crippen molar-refractivity contribution in [1.82, 2.24) is 0 Å². The lowest BCUT2D eigenvalue weighted by Gasteiger charge is -2.18. The topological polar surface area (TPSA) is 79.9 Å². The van der Waals surface area contributed by atoms with Crippen molar-refractivity contribution < 1.29 is 19.1 Å². The molecule has 0 saturated heterocycles. The molecule has 3 aromatic carbocycles. The number of ether oxygens (including phenoxy) is 2. The van der Waals surface area contributed by atoms with Crippen LogP contribution in [0.3, 0.4) is 0 Å². The Morgan fingerprint density at radius 2 is 1.50 bits per heavy atom. The van der Waals surface area contributed by atoms with Gasteiger partial charge in [0.05, 0.1) is 14.2 Å². The van der Waals surface area contributed by atoms with Crippen LogP contribution in [0.15, 0.2) is 60.7 Å². The third kappa shape index (κ3) is 4.37. The standard InChI is InChI=1S/C25H25N3O4/c1-16-4-6-18(7-5-16)24(29)28-13-12-17-8-9-19(14-21(17)28)26-25(30)27-20-10-11-22(31-2)23(15-20)32-3/h4-11,14-15H,12-13H2,1-3H3,(H2,26,27,30). The molecular weight excluding hydrogens is 406 g/mol. The minimum atomic E-state index is -0.397. The van der Waals surface area contributed by atoms with Crippen LogP contribution in [-0.4, -0.2) is 32.7 Å². The molecule has 164 valence electrons. The van der Waals surface area contributed by atoms with Crippen molar-refractivity contribution in [3.8, 4) is 11.5 Å². The Kier molecular flexibility index (Phi) is 5.98. The number of nitrogens with one attached hydrogen (secondary N) is 2. The molecular formula is C25H25N3O4. The second-order valence-corrected chi connectivity index (χ2v) is 7.57. The molecule has 4 rings (SSSR count). The lowest BCUT2D eigenvalue weighted by Crippen LogP contribution is -2.29. The van der Waals surface area contributed by atoms with Crippen LogP contribution < -0.4 is 25.0 Å². The second-order valence-electron chi connectivity index (χ2n) is 7.57. The van der Waals surface area contributed by atoms with Gasteiger partial charge in [-0.2, -0.15) is 0 Å². The van der Waals surface area contributed by atoms with E-state index < -0.39 is 6.03 Å². The summed E-state index contributed by atoms with van der Waals surface area (Å²) in [5, 5.41) is 5.62. The Balaban J connectivity index is 1.48. The molecule has 0 saturated carbocycles. The van der Waals surface area contributed by atoms with E-state index in [1.807, 2.05) is 49.4 Å². The molecule has 2 N–H and O–H groups in total. The first-order valence-corrected chi connectivity index (χ1v) is 10.3. The first-order valence-electron chi connectivity index (χ1n) is 10.3. The highest BCUT2D eigenvalue weighted by Crippen LogP contribution is 2.33. The number of amides is 3. The third-order valence-corrected chi connectivity index (χ3v) is 5.42. The zero-order chi connectivity index (χ0) is 22.7. The molecule has 0 bridgehead atoms. The van der Waals surface area contributed by atoms with Crippen LogP contribution in [0.4, 0.5) is 21.9 Å². The Hall–Kier alpha value is -4.00. The summed E-state index contributed by atoms with van der Waals surface area (Å²) in [4.78, 5) is 27.3. The van der Waals surface area contributed by atoms with Gasteiger partial charge in [0.1, 0.15) is 0 Å². The van der Waals surface area contributed by atoms with E-state index in [0.29, 0.717) is 35.0 Å². The number of methoxy groups -OCH3 is 2. The highest BCUT2D eigenvalue weighted by atomic mass is 16.5. The SMILES string of the molecule is COc1ccc(NC(=O)Nc2ccc3c(c2)N(C(=O)c2ccc(C)cc2)CC3)cc1OC. The molecule has 1 aliphatic heterocycles. The molecule has 1 heterocycles. The van der Waals surface area contributed by atoms with E-state index >= 15 is 0 Å². The molecule has 0 fully saturated rings. The first kappa shape index (κ1) is 21.2. The monoisotopic (exact) mass is 431 g/mol. The Bertz CT molecular complexity index is 1160. The van der Waals surface area contributed by atoms with Crippen LogP contribution in [-0.2, 0) is 6.42 Å². The van der Waals surface area contributed by atoms with Crippen LogP contribution in [0.2, 0.25) is 0 Å². The van der Waals surface area contributed by atoms with E-state index in [1.54, 1.807) is 30.2 Å². The molecule has 0 atom stereocenters. The van der Waals surface area contributed by atoms with Crippen LogP contribution in [0.1, 0.15) is 21.5 Å². The quantitative estimate of drug-likeness (QED) is 0.605. The van der Waals surface area contributed by atoms with Crippen LogP contribution >= 0.6 is 0 Å². The number of fused-ring (bicyclic) bond motifs is 1. The van der Waals surface area contributed by atoms with Gasteiger partial charge in [-0.05, 0) is 55.3 Å². The van der Waals surface area contributed by atoms with Gasteiger partial charge in [0.2, 0.25) is 0 Å². The number of aryl methyl sites for hydroxylation is 1. The summed E-state index contributed by atoms with van der Waals surface area (Å²) >= 11 is 0. The number of urea groups is 1. The molecule has 3 aromatic rings. The van der Waals surface area contributed by atoms with Gasteiger partial charge in [-0.15, -0.1) is 0 Å². The average molecular weight is 431 g/mol. The van der Waals surface area contributed by atoms with Crippen molar-refractivity contribution in [1.29, 1.82) is 0 Å². The predicted molar refractivity (Wildman–Crippen MR) is 125 cm³/mol. The zero-order valence-corrected chi connectivity index (χ0v) is 18.3. The van der Waals surface area contributed by atoms with E-state index in [1.165, 1.54) is 7.11 Å². The normalized spacial score (nSPS) is 12.2. The van der Waals surface area contributed by atoms with Crippen molar-refractivity contribution in [2.24, 2.45) is 0 Å². The van der Waals surface area contributed by atoms with Crippen molar-refractivity contribution in [3.63, 3.8) is 0 Å². The fraction of sp³-hybridized carbons (Fsp3) is 0.200. The largest absolute Gasteiger partial charge is 0.493 e. The van der Waals surface area contributed by atoms with E-state index in [-0.39, 0.29) is 5.91 Å². The molecule has 1 aliphatic rings. The minimum Gasteiger partial charge on any atom is -0.493 e. The molecule has 0 aromatic heterocycles. The number of benzene rings is 3. The fourth-order valence-electron chi connectivity index (χ4n) is 3.73. The van der Waals surface area contributed by atoms with Crippen molar-refractivity contribution in [2.75, 3.05) is 36.3 Å². The number of hydrogen-bond acceptors (Lipinski definition) is 4. The third-order valence-electron chi connectivity index (χ3n) is 5.42. The van der Waals surface area contributed by atoms with Gasteiger partial charge >= 0.3 is 6.03 Å². The van der Waals surface area contributed by atoms with Crippen molar-refractivity contribution in [3.05, 3.63) is 77.4 Å². The van der Waals surface area contributed by atoms with E-state index in [0.717, 1.165) is 23.2 Å². The lowest BCUT2D eigenvalue weighted by molar-refractivity contribution is 0.0989. The van der Waals surface area contributed by atoms with E-state index in [4.69, 9.17) is 9.47 Å². The van der Waals surface area contributed by atoms with Gasteiger partial charge in [0.15, 0.2) is 11.5 Å². The van der Waals surface area contributed by atoms with Crippen LogP contribution in [0.25, 0.3) is 0 Å². The number of nitrogens with zero attached hydrogens (tertiary/aromatic N) is 1. The highest BCUT2D eigenvalue weighted by molar-refractivity contribution is 6.08. The van der Waals surface area contributed by atoms with Gasteiger partial charge in [-0.1, -0.05) is 23.8 Å². The maximum atomic E-state index is 13.0. The number of carbonyl (C=O) groups is 2. The number of carbonyl (C=O) groups excluding carboxylic acids is 2. The van der Waals surface area contributed by atoms with Gasteiger partial charge in [-0.25, -0.2) is 4.79 Å². The van der Waals surface area contributed by atoms with E-state index in [9.17, 15) is 9.59 Å². The van der Waals surface area contributed by atoms with Crippen molar-refractivity contribution in [2.45, 2.75) is 13.3 Å². The zero-order valence-electron chi connectivity index (χ0n) is 18.3. The molecule has 0 spiro atoms. The summed E-state index contributed by atoms with van der Waals surface area (Å²) in [6.45, 7) is 2.60. The molecule has 32 heavy (non-hydrogen) atoms. The van der Waals surface area contributed by atoms with Gasteiger partial charge in [0, 0.05) is 35.2 Å². The summed E-state index contributed by atoms with van der Waals surface area (Å²) < 4.78 is 10.5. The number of rotatable bonds is 5. The van der Waals surface area contributed by atoms with Gasteiger partial charge in [0.25, 0.3) is 5.91 Å². The number of hydrogen-bond donors (Lipinski definition) is 2. The predicted octanol–water partition coefficient (Wildman–Crippen LogP) is 4.86. The fourth-order valence-corrected chi connectivity index (χ4v) is 3.73. The van der Waals surface area contributed by atoms with Crippen molar-refractivity contribution >= 4 is 29.0 Å². The lowest BCUT2D eigenvalue weighted by atomic mass is 10.1. The summed E-state index contributed by atoms with van der Waals surface area (Å²) in [5.41, 5.74) is 4.82. The average Bonchev–Trinajstić information content (AvgIpc) is 3.22. The summed E-state index contributed by atoms with van der Waals surface area (Å²) in [5.74, 6) is 1.05. The minimum absolute atomic E-state index is 0.0457. The highest BCUT2D eigenvalue weighted by Gasteiger charge is 2.26. The molecule has 0 unspecified atom stereocenters. The summed E-state index contributed by atoms with van der Waals surface area (Å²) in [7, 11) is 3.09. The summed E-state index contributed by atoms with van der Waals surface area (Å²) in [6, 6.07) is 17.9. The summed E-state index contributed by atoms with van der Waals surface area (Å²) in [6.07, 6.45) is 0.783. The van der Waals surface area contributed by atoms with Crippen LogP contribution in [0.5, 0.6) is 11.5 Å². The molecule has 7 nitrogen and oxygen atoms in total. The number of anilines is 3.